The van der Waals surface area contributed by atoms with Gasteiger partial charge in [0.1, 0.15) is 4.90 Å². The summed E-state index contributed by atoms with van der Waals surface area (Å²) < 4.78 is 54.0. The third-order valence-electron chi connectivity index (χ3n) is 2.94. The van der Waals surface area contributed by atoms with E-state index in [1.54, 1.807) is 0 Å². The van der Waals surface area contributed by atoms with E-state index >= 15 is 0 Å². The maximum Gasteiger partial charge on any atom is 0.239 e. The predicted molar refractivity (Wildman–Crippen MR) is 79.2 cm³/mol. The number of primary sulfonamides is 1. The van der Waals surface area contributed by atoms with Gasteiger partial charge in [0.15, 0.2) is 0 Å². The van der Waals surface area contributed by atoms with Gasteiger partial charge in [-0.15, -0.1) is 0 Å². The maximum atomic E-state index is 12.0. The molecule has 2 rings (SSSR count). The normalized spacial score (nSPS) is 19.6. The smallest absolute Gasteiger partial charge is 0.239 e. The zero-order valence-electron chi connectivity index (χ0n) is 11.0. The minimum Gasteiger partial charge on any atom is -0.377 e. The summed E-state index contributed by atoms with van der Waals surface area (Å²) in [6.07, 6.45) is 1.22. The van der Waals surface area contributed by atoms with Gasteiger partial charge in [-0.05, 0) is 31.0 Å². The first-order valence-electron chi connectivity index (χ1n) is 6.12. The van der Waals surface area contributed by atoms with Gasteiger partial charge in [0.25, 0.3) is 0 Å². The molecule has 0 aliphatic carbocycles. The number of ether oxygens (including phenoxy) is 1. The third-order valence-corrected chi connectivity index (χ3v) is 5.69. The van der Waals surface area contributed by atoms with Gasteiger partial charge in [-0.25, -0.2) is 22.0 Å². The van der Waals surface area contributed by atoms with Crippen LogP contribution in [0.3, 0.4) is 0 Å². The molecule has 1 aliphatic heterocycles. The summed E-state index contributed by atoms with van der Waals surface area (Å²) in [5.74, 6) is -0.151. The van der Waals surface area contributed by atoms with Crippen LogP contribution >= 0.6 is 11.6 Å². The minimum atomic E-state index is -3.94. The van der Waals surface area contributed by atoms with Crippen molar-refractivity contribution in [3.8, 4) is 0 Å². The number of anilines is 1. The van der Waals surface area contributed by atoms with Crippen molar-refractivity contribution in [1.29, 1.82) is 0 Å². The van der Waals surface area contributed by atoms with E-state index in [9.17, 15) is 16.8 Å². The van der Waals surface area contributed by atoms with Crippen LogP contribution in [0.2, 0.25) is 5.02 Å². The van der Waals surface area contributed by atoms with E-state index in [1.807, 2.05) is 0 Å². The van der Waals surface area contributed by atoms with Crippen molar-refractivity contribution in [2.75, 3.05) is 17.1 Å². The Kier molecular flexibility index (Phi) is 4.79. The number of hydrogen-bond acceptors (Lipinski definition) is 5. The number of rotatable bonds is 5. The molecule has 0 radical (unpaired) electrons. The predicted octanol–water partition coefficient (Wildman–Crippen LogP) is 0.908. The Morgan fingerprint density at radius 2 is 2.05 bits per heavy atom. The van der Waals surface area contributed by atoms with Gasteiger partial charge in [-0.3, -0.25) is 4.72 Å². The highest BCUT2D eigenvalue weighted by Gasteiger charge is 2.23. The Morgan fingerprint density at radius 3 is 2.57 bits per heavy atom. The van der Waals surface area contributed by atoms with Gasteiger partial charge in [0.2, 0.25) is 20.0 Å². The summed E-state index contributed by atoms with van der Waals surface area (Å²) in [5.41, 5.74) is 0.172. The van der Waals surface area contributed by atoms with Crippen LogP contribution in [0.1, 0.15) is 12.8 Å². The zero-order chi connectivity index (χ0) is 15.7. The highest BCUT2D eigenvalue weighted by atomic mass is 35.5. The van der Waals surface area contributed by atoms with E-state index in [1.165, 1.54) is 12.1 Å². The summed E-state index contributed by atoms with van der Waals surface area (Å²) in [4.78, 5) is -0.258. The molecule has 0 bridgehead atoms. The molecule has 10 heteroatoms. The monoisotopic (exact) mass is 354 g/mol. The van der Waals surface area contributed by atoms with Crippen LogP contribution in [-0.2, 0) is 24.8 Å². The molecule has 1 aromatic carbocycles. The van der Waals surface area contributed by atoms with Crippen LogP contribution in [0, 0.1) is 0 Å². The van der Waals surface area contributed by atoms with Crippen molar-refractivity contribution in [3.05, 3.63) is 23.2 Å². The molecule has 1 unspecified atom stereocenters. The highest BCUT2D eigenvalue weighted by Crippen LogP contribution is 2.25. The molecule has 0 aromatic heterocycles. The summed E-state index contributed by atoms with van der Waals surface area (Å²) in [6, 6.07) is 3.65. The van der Waals surface area contributed by atoms with Gasteiger partial charge < -0.3 is 4.74 Å². The van der Waals surface area contributed by atoms with Gasteiger partial charge in [0.05, 0.1) is 22.6 Å². The summed E-state index contributed by atoms with van der Waals surface area (Å²) in [6.45, 7) is 0.565. The largest absolute Gasteiger partial charge is 0.377 e. The number of benzene rings is 1. The van der Waals surface area contributed by atoms with E-state index in [-0.39, 0.29) is 27.5 Å². The molecule has 3 N–H and O–H groups in total. The molecule has 21 heavy (non-hydrogen) atoms. The molecule has 0 spiro atoms. The number of hydrogen-bond donors (Lipinski definition) is 2. The molecule has 0 saturated carbocycles. The van der Waals surface area contributed by atoms with Crippen LogP contribution in [0.15, 0.2) is 23.1 Å². The van der Waals surface area contributed by atoms with E-state index < -0.39 is 20.0 Å². The zero-order valence-corrected chi connectivity index (χ0v) is 13.3. The first-order valence-corrected chi connectivity index (χ1v) is 9.69. The fourth-order valence-corrected chi connectivity index (χ4v) is 4.45. The van der Waals surface area contributed by atoms with Crippen LogP contribution in [0.25, 0.3) is 0 Å². The third kappa shape index (κ3) is 4.55. The molecular weight excluding hydrogens is 340 g/mol. The molecular formula is C11H15ClN2O5S2. The lowest BCUT2D eigenvalue weighted by Gasteiger charge is -2.12. The van der Waals surface area contributed by atoms with Crippen molar-refractivity contribution in [2.45, 2.75) is 23.8 Å². The molecule has 0 amide bonds. The van der Waals surface area contributed by atoms with E-state index in [4.69, 9.17) is 21.5 Å². The van der Waals surface area contributed by atoms with Crippen molar-refractivity contribution < 1.29 is 21.6 Å². The second kappa shape index (κ2) is 6.09. The Hall–Kier alpha value is -0.870. The lowest BCUT2D eigenvalue weighted by Crippen LogP contribution is -2.25. The van der Waals surface area contributed by atoms with Crippen LogP contribution in [0.4, 0.5) is 5.69 Å². The molecule has 1 atom stereocenters. The van der Waals surface area contributed by atoms with Gasteiger partial charge >= 0.3 is 0 Å². The first-order chi connectivity index (χ1) is 9.67. The van der Waals surface area contributed by atoms with Crippen LogP contribution in [-0.4, -0.2) is 35.3 Å². The highest BCUT2D eigenvalue weighted by molar-refractivity contribution is 7.92. The quantitative estimate of drug-likeness (QED) is 0.815. The van der Waals surface area contributed by atoms with Gasteiger partial charge in [-0.1, -0.05) is 11.6 Å². The van der Waals surface area contributed by atoms with Crippen molar-refractivity contribution in [2.24, 2.45) is 5.14 Å². The van der Waals surface area contributed by atoms with Gasteiger partial charge in [0, 0.05) is 6.61 Å². The summed E-state index contributed by atoms with van der Waals surface area (Å²) in [7, 11) is -7.54. The molecule has 1 saturated heterocycles. The van der Waals surface area contributed by atoms with E-state index in [2.05, 4.69) is 4.72 Å². The van der Waals surface area contributed by atoms with Crippen molar-refractivity contribution >= 4 is 37.3 Å². The van der Waals surface area contributed by atoms with E-state index in [0.717, 1.165) is 12.5 Å². The second-order valence-corrected chi connectivity index (χ2v) is 8.41. The summed E-state index contributed by atoms with van der Waals surface area (Å²) in [5, 5.41) is 4.83. The lowest BCUT2D eigenvalue weighted by atomic mass is 10.3. The molecule has 7 nitrogen and oxygen atoms in total. The number of nitrogens with two attached hydrogens (primary N) is 1. The topological polar surface area (TPSA) is 116 Å². The Bertz CT molecular complexity index is 727. The van der Waals surface area contributed by atoms with Crippen molar-refractivity contribution in [1.82, 2.24) is 0 Å². The molecule has 1 aromatic rings. The summed E-state index contributed by atoms with van der Waals surface area (Å²) >= 11 is 5.79. The number of nitrogens with one attached hydrogen (secondary N) is 1. The Labute approximate surface area is 128 Å². The lowest BCUT2D eigenvalue weighted by molar-refractivity contribution is 0.127. The standard InChI is InChI=1S/C11H15ClN2O5S2/c12-10-6-8(3-4-11(10)21(13,17)18)14-20(15,16)7-9-2-1-5-19-9/h3-4,6,9,14H,1-2,5,7H2,(H2,13,17,18). The van der Waals surface area contributed by atoms with Crippen LogP contribution in [0.5, 0.6) is 0 Å². The Balaban J connectivity index is 2.14. The maximum absolute atomic E-state index is 12.0. The molecule has 1 heterocycles. The SMILES string of the molecule is NS(=O)(=O)c1ccc(NS(=O)(=O)CC2CCCO2)cc1Cl. The molecule has 118 valence electrons. The molecule has 1 aliphatic rings. The number of sulfonamides is 2. The average Bonchev–Trinajstić information content (AvgIpc) is 2.78. The van der Waals surface area contributed by atoms with Crippen molar-refractivity contribution in [3.63, 3.8) is 0 Å². The van der Waals surface area contributed by atoms with Crippen LogP contribution < -0.4 is 9.86 Å². The second-order valence-electron chi connectivity index (χ2n) is 4.71. The fourth-order valence-electron chi connectivity index (χ4n) is 2.04. The minimum absolute atomic E-state index is 0.144. The fraction of sp³-hybridized carbons (Fsp3) is 0.455. The van der Waals surface area contributed by atoms with Gasteiger partial charge in [-0.2, -0.15) is 0 Å². The first kappa shape index (κ1) is 16.5. The Morgan fingerprint density at radius 1 is 1.33 bits per heavy atom. The average molecular weight is 355 g/mol. The van der Waals surface area contributed by atoms with E-state index in [0.29, 0.717) is 13.0 Å². The molecule has 1 fully saturated rings. The number of halogens is 1.